The van der Waals surface area contributed by atoms with E-state index in [1.165, 1.54) is 18.6 Å². The zero-order valence-electron chi connectivity index (χ0n) is 6.03. The molecule has 0 aliphatic heterocycles. The van der Waals surface area contributed by atoms with Gasteiger partial charge in [0.15, 0.2) is 5.78 Å². The Hall–Kier alpha value is -1.51. The van der Waals surface area contributed by atoms with E-state index in [0.717, 1.165) is 0 Å². The molecule has 0 radical (unpaired) electrons. The van der Waals surface area contributed by atoms with Crippen molar-refractivity contribution in [1.29, 1.82) is 0 Å². The first-order valence-corrected chi connectivity index (χ1v) is 3.24. The Morgan fingerprint density at radius 1 is 1.64 bits per heavy atom. The minimum Gasteiger partial charge on any atom is -0.292 e. The molecule has 0 amide bonds. The van der Waals surface area contributed by atoms with E-state index in [1.54, 1.807) is 6.08 Å². The van der Waals surface area contributed by atoms with Gasteiger partial charge in [-0.3, -0.25) is 9.78 Å². The topological polar surface area (TPSA) is 42.9 Å². The minimum absolute atomic E-state index is 0.0481. The predicted octanol–water partition coefficient (Wildman–Crippen LogP) is 1.24. The number of carbonyl (C=O) groups is 1. The van der Waals surface area contributed by atoms with Gasteiger partial charge in [0.25, 0.3) is 0 Å². The molecule has 0 bridgehead atoms. The van der Waals surface area contributed by atoms with Crippen molar-refractivity contribution in [2.45, 2.75) is 6.42 Å². The molecule has 1 rings (SSSR count). The summed E-state index contributed by atoms with van der Waals surface area (Å²) in [5.41, 5.74) is 0.396. The van der Waals surface area contributed by atoms with Gasteiger partial charge in [0.2, 0.25) is 0 Å². The summed E-state index contributed by atoms with van der Waals surface area (Å²) in [5.74, 6) is -0.0481. The van der Waals surface area contributed by atoms with Crippen LogP contribution in [0.2, 0.25) is 0 Å². The van der Waals surface area contributed by atoms with Gasteiger partial charge in [-0.25, -0.2) is 4.98 Å². The first-order chi connectivity index (χ1) is 5.34. The van der Waals surface area contributed by atoms with E-state index < -0.39 is 0 Å². The molecule has 56 valence electrons. The lowest BCUT2D eigenvalue weighted by Crippen LogP contribution is -2.00. The predicted molar refractivity (Wildman–Crippen MR) is 41.2 cm³/mol. The molecule has 1 aromatic rings. The summed E-state index contributed by atoms with van der Waals surface area (Å²) in [6.45, 7) is 3.46. The SMILES string of the molecule is C=CCC(=O)c1cnccn1. The monoisotopic (exact) mass is 148 g/mol. The van der Waals surface area contributed by atoms with Crippen molar-refractivity contribution in [3.05, 3.63) is 36.9 Å². The van der Waals surface area contributed by atoms with Gasteiger partial charge in [-0.05, 0) is 0 Å². The number of ketones is 1. The van der Waals surface area contributed by atoms with Crippen molar-refractivity contribution in [3.63, 3.8) is 0 Å². The van der Waals surface area contributed by atoms with Gasteiger partial charge in [0.1, 0.15) is 5.69 Å². The number of nitrogens with zero attached hydrogens (tertiary/aromatic N) is 2. The van der Waals surface area contributed by atoms with Crippen molar-refractivity contribution in [2.75, 3.05) is 0 Å². The molecule has 0 N–H and O–H groups in total. The largest absolute Gasteiger partial charge is 0.292 e. The van der Waals surface area contributed by atoms with Gasteiger partial charge < -0.3 is 0 Å². The molecule has 3 nitrogen and oxygen atoms in total. The van der Waals surface area contributed by atoms with Crippen LogP contribution in [0.25, 0.3) is 0 Å². The van der Waals surface area contributed by atoms with Crippen LogP contribution in [-0.4, -0.2) is 15.8 Å². The molecule has 0 atom stereocenters. The van der Waals surface area contributed by atoms with Crippen molar-refractivity contribution < 1.29 is 4.79 Å². The average Bonchev–Trinajstić information content (AvgIpc) is 2.07. The van der Waals surface area contributed by atoms with Crippen molar-refractivity contribution >= 4 is 5.78 Å². The lowest BCUT2D eigenvalue weighted by atomic mass is 10.2. The molecule has 0 aliphatic rings. The highest BCUT2D eigenvalue weighted by Gasteiger charge is 2.02. The van der Waals surface area contributed by atoms with Crippen molar-refractivity contribution in [3.8, 4) is 0 Å². The second-order valence-corrected chi connectivity index (χ2v) is 2.01. The number of carbonyl (C=O) groups excluding carboxylic acids is 1. The Kier molecular flexibility index (Phi) is 2.49. The zero-order valence-corrected chi connectivity index (χ0v) is 6.03. The molecule has 1 aromatic heterocycles. The standard InChI is InChI=1S/C8H8N2O/c1-2-3-8(11)7-6-9-4-5-10-7/h2,4-6H,1,3H2. The van der Waals surface area contributed by atoms with Crippen LogP contribution in [0.1, 0.15) is 16.9 Å². The highest BCUT2D eigenvalue weighted by atomic mass is 16.1. The first kappa shape index (κ1) is 7.60. The summed E-state index contributed by atoms with van der Waals surface area (Å²) in [5, 5.41) is 0. The van der Waals surface area contributed by atoms with E-state index in [9.17, 15) is 4.79 Å². The third-order valence-corrected chi connectivity index (χ3v) is 1.18. The van der Waals surface area contributed by atoms with Crippen molar-refractivity contribution in [2.24, 2.45) is 0 Å². The summed E-state index contributed by atoms with van der Waals surface area (Å²) in [6, 6.07) is 0. The Balaban J connectivity index is 2.77. The molecule has 0 aromatic carbocycles. The van der Waals surface area contributed by atoms with E-state index in [-0.39, 0.29) is 5.78 Å². The number of hydrogen-bond acceptors (Lipinski definition) is 3. The maximum Gasteiger partial charge on any atom is 0.186 e. The normalized spacial score (nSPS) is 9.09. The number of aromatic nitrogens is 2. The molecular weight excluding hydrogens is 140 g/mol. The van der Waals surface area contributed by atoms with Crippen LogP contribution >= 0.6 is 0 Å². The van der Waals surface area contributed by atoms with Gasteiger partial charge in [0, 0.05) is 18.8 Å². The van der Waals surface area contributed by atoms with E-state index in [1.807, 2.05) is 0 Å². The third kappa shape index (κ3) is 1.97. The summed E-state index contributed by atoms with van der Waals surface area (Å²) >= 11 is 0. The van der Waals surface area contributed by atoms with Gasteiger partial charge in [-0.15, -0.1) is 6.58 Å². The summed E-state index contributed by atoms with van der Waals surface area (Å²) in [6.07, 6.45) is 6.35. The molecule has 11 heavy (non-hydrogen) atoms. The van der Waals surface area contributed by atoms with Gasteiger partial charge in [-0.1, -0.05) is 6.08 Å². The smallest absolute Gasteiger partial charge is 0.186 e. The van der Waals surface area contributed by atoms with Crippen LogP contribution in [0.4, 0.5) is 0 Å². The maximum absolute atomic E-state index is 11.1. The first-order valence-electron chi connectivity index (χ1n) is 3.24. The fourth-order valence-corrected chi connectivity index (χ4v) is 0.679. The molecule has 3 heteroatoms. The van der Waals surface area contributed by atoms with Gasteiger partial charge in [0.05, 0.1) is 6.20 Å². The Labute approximate surface area is 64.8 Å². The molecule has 0 spiro atoms. The highest BCUT2D eigenvalue weighted by molar-refractivity contribution is 5.94. The Bertz CT molecular complexity index is 256. The molecule has 0 aliphatic carbocycles. The maximum atomic E-state index is 11.1. The minimum atomic E-state index is -0.0481. The highest BCUT2D eigenvalue weighted by Crippen LogP contribution is 1.96. The molecule has 0 unspecified atom stereocenters. The van der Waals surface area contributed by atoms with Crippen LogP contribution in [-0.2, 0) is 0 Å². The average molecular weight is 148 g/mol. The number of rotatable bonds is 3. The summed E-state index contributed by atoms with van der Waals surface area (Å²) < 4.78 is 0. The lowest BCUT2D eigenvalue weighted by Gasteiger charge is -1.92. The van der Waals surface area contributed by atoms with E-state index in [4.69, 9.17) is 0 Å². The molecule has 0 saturated heterocycles. The molecule has 0 fully saturated rings. The Morgan fingerprint density at radius 2 is 2.45 bits per heavy atom. The number of hydrogen-bond donors (Lipinski definition) is 0. The number of Topliss-reactive ketones (excluding diaryl/α,β-unsaturated/α-hetero) is 1. The van der Waals surface area contributed by atoms with Crippen LogP contribution in [0.15, 0.2) is 31.2 Å². The van der Waals surface area contributed by atoms with E-state index in [2.05, 4.69) is 16.5 Å². The van der Waals surface area contributed by atoms with Gasteiger partial charge >= 0.3 is 0 Å². The summed E-state index contributed by atoms with van der Waals surface area (Å²) in [7, 11) is 0. The van der Waals surface area contributed by atoms with E-state index >= 15 is 0 Å². The van der Waals surface area contributed by atoms with Crippen LogP contribution in [0.5, 0.6) is 0 Å². The second kappa shape index (κ2) is 3.61. The quantitative estimate of drug-likeness (QED) is 0.478. The summed E-state index contributed by atoms with van der Waals surface area (Å²) in [4.78, 5) is 18.7. The lowest BCUT2D eigenvalue weighted by molar-refractivity contribution is 0.0991. The zero-order chi connectivity index (χ0) is 8.10. The Morgan fingerprint density at radius 3 is 3.00 bits per heavy atom. The van der Waals surface area contributed by atoms with Gasteiger partial charge in [-0.2, -0.15) is 0 Å². The second-order valence-electron chi connectivity index (χ2n) is 2.01. The van der Waals surface area contributed by atoms with Crippen molar-refractivity contribution in [1.82, 2.24) is 9.97 Å². The fourth-order valence-electron chi connectivity index (χ4n) is 0.679. The molecule has 1 heterocycles. The van der Waals surface area contributed by atoms with Crippen LogP contribution in [0.3, 0.4) is 0 Å². The van der Waals surface area contributed by atoms with E-state index in [0.29, 0.717) is 12.1 Å². The number of allylic oxidation sites excluding steroid dienone is 1. The van der Waals surface area contributed by atoms with Crippen LogP contribution in [0, 0.1) is 0 Å². The fraction of sp³-hybridized carbons (Fsp3) is 0.125. The molecule has 0 saturated carbocycles. The molecular formula is C8H8N2O. The van der Waals surface area contributed by atoms with Crippen LogP contribution < -0.4 is 0 Å². The third-order valence-electron chi connectivity index (χ3n) is 1.18.